The van der Waals surface area contributed by atoms with Gasteiger partial charge in [-0.1, -0.05) is 5.16 Å². The molecule has 0 aliphatic carbocycles. The van der Waals surface area contributed by atoms with E-state index in [4.69, 9.17) is 14.4 Å². The van der Waals surface area contributed by atoms with Crippen LogP contribution < -0.4 is 4.74 Å². The number of carboxylic acid groups (broad SMARTS) is 1. The van der Waals surface area contributed by atoms with Crippen molar-refractivity contribution >= 4 is 17.7 Å². The molecule has 1 aromatic carbocycles. The molecular weight excluding hydrogens is 254 g/mol. The molecule has 0 radical (unpaired) electrons. The van der Waals surface area contributed by atoms with Crippen LogP contribution in [-0.4, -0.2) is 29.6 Å². The summed E-state index contributed by atoms with van der Waals surface area (Å²) < 4.78 is 10.3. The summed E-state index contributed by atoms with van der Waals surface area (Å²) in [7, 11) is 1.55. The van der Waals surface area contributed by atoms with Crippen LogP contribution in [0.4, 0.5) is 0 Å². The van der Waals surface area contributed by atoms with E-state index in [9.17, 15) is 4.79 Å². The van der Waals surface area contributed by atoms with Crippen molar-refractivity contribution in [1.29, 1.82) is 0 Å². The first-order valence-corrected chi connectivity index (χ1v) is 6.30. The third-order valence-electron chi connectivity index (χ3n) is 2.40. The van der Waals surface area contributed by atoms with E-state index >= 15 is 0 Å². The predicted molar refractivity (Wildman–Crippen MR) is 67.2 cm³/mol. The molecule has 0 aliphatic rings. The van der Waals surface area contributed by atoms with Crippen LogP contribution in [0.5, 0.6) is 5.75 Å². The van der Waals surface area contributed by atoms with E-state index in [-0.39, 0.29) is 5.69 Å². The van der Waals surface area contributed by atoms with E-state index in [0.29, 0.717) is 17.1 Å². The Morgan fingerprint density at radius 3 is 2.78 bits per heavy atom. The number of methoxy groups -OCH3 is 1. The molecule has 5 nitrogen and oxygen atoms in total. The zero-order valence-corrected chi connectivity index (χ0v) is 10.7. The van der Waals surface area contributed by atoms with Gasteiger partial charge in [0.25, 0.3) is 0 Å². The lowest BCUT2D eigenvalue weighted by Crippen LogP contribution is -1.94. The van der Waals surface area contributed by atoms with Gasteiger partial charge in [-0.2, -0.15) is 0 Å². The van der Waals surface area contributed by atoms with Crippen molar-refractivity contribution in [3.8, 4) is 17.1 Å². The zero-order chi connectivity index (χ0) is 13.1. The van der Waals surface area contributed by atoms with Gasteiger partial charge in [-0.05, 0) is 24.5 Å². The van der Waals surface area contributed by atoms with Crippen molar-refractivity contribution in [2.45, 2.75) is 4.90 Å². The van der Waals surface area contributed by atoms with E-state index in [0.717, 1.165) is 4.90 Å². The number of carbonyl (C=O) groups is 1. The van der Waals surface area contributed by atoms with E-state index in [1.807, 2.05) is 24.5 Å². The highest BCUT2D eigenvalue weighted by Crippen LogP contribution is 2.33. The van der Waals surface area contributed by atoms with Gasteiger partial charge in [-0.15, -0.1) is 11.8 Å². The summed E-state index contributed by atoms with van der Waals surface area (Å²) in [5.41, 5.74) is 0.561. The minimum Gasteiger partial charge on any atom is -0.496 e. The average Bonchev–Trinajstić information content (AvgIpc) is 2.87. The lowest BCUT2D eigenvalue weighted by atomic mass is 10.1. The fourth-order valence-corrected chi connectivity index (χ4v) is 1.95. The van der Waals surface area contributed by atoms with Gasteiger partial charge in [0.1, 0.15) is 5.75 Å². The number of aromatic nitrogens is 1. The molecule has 0 aliphatic heterocycles. The highest BCUT2D eigenvalue weighted by Gasteiger charge is 2.15. The van der Waals surface area contributed by atoms with Crippen LogP contribution in [0, 0.1) is 0 Å². The minimum absolute atomic E-state index is 0.124. The van der Waals surface area contributed by atoms with Crippen molar-refractivity contribution in [3.05, 3.63) is 30.0 Å². The van der Waals surface area contributed by atoms with Gasteiger partial charge >= 0.3 is 5.97 Å². The quantitative estimate of drug-likeness (QED) is 0.857. The summed E-state index contributed by atoms with van der Waals surface area (Å²) in [5.74, 6) is -0.133. The third-order valence-corrected chi connectivity index (χ3v) is 3.13. The normalized spacial score (nSPS) is 10.3. The molecule has 0 bridgehead atoms. The van der Waals surface area contributed by atoms with Gasteiger partial charge < -0.3 is 14.4 Å². The van der Waals surface area contributed by atoms with Gasteiger partial charge in [-0.3, -0.25) is 0 Å². The molecule has 0 unspecified atom stereocenters. The lowest BCUT2D eigenvalue weighted by molar-refractivity contribution is 0.0686. The number of rotatable bonds is 4. The molecule has 94 valence electrons. The summed E-state index contributed by atoms with van der Waals surface area (Å²) in [6.07, 6.45) is 1.95. The Balaban J connectivity index is 2.50. The van der Waals surface area contributed by atoms with Crippen LogP contribution >= 0.6 is 11.8 Å². The molecule has 2 rings (SSSR count). The number of ether oxygens (including phenoxy) is 1. The maximum atomic E-state index is 10.8. The standard InChI is InChI=1S/C12H11NO4S/c1-16-10-4-3-7(18-2)5-8(10)11-6-9(12(14)15)13-17-11/h3-6H,1-2H3,(H,14,15). The summed E-state index contributed by atoms with van der Waals surface area (Å²) in [6.45, 7) is 0. The molecule has 0 saturated heterocycles. The number of benzene rings is 1. The first kappa shape index (κ1) is 12.5. The first-order valence-electron chi connectivity index (χ1n) is 5.08. The molecule has 0 amide bonds. The number of aromatic carboxylic acids is 1. The van der Waals surface area contributed by atoms with Crippen LogP contribution in [0.15, 0.2) is 33.7 Å². The number of hydrogen-bond acceptors (Lipinski definition) is 5. The summed E-state index contributed by atoms with van der Waals surface area (Å²) >= 11 is 1.58. The van der Waals surface area contributed by atoms with E-state index < -0.39 is 5.97 Å². The molecule has 2 aromatic rings. The van der Waals surface area contributed by atoms with E-state index in [2.05, 4.69) is 5.16 Å². The van der Waals surface area contributed by atoms with Crippen LogP contribution in [0.2, 0.25) is 0 Å². The average molecular weight is 265 g/mol. The Hall–Kier alpha value is -1.95. The second-order valence-electron chi connectivity index (χ2n) is 3.45. The van der Waals surface area contributed by atoms with Crippen molar-refractivity contribution in [1.82, 2.24) is 5.16 Å². The van der Waals surface area contributed by atoms with Crippen molar-refractivity contribution in [3.63, 3.8) is 0 Å². The van der Waals surface area contributed by atoms with Gasteiger partial charge in [0.2, 0.25) is 0 Å². The van der Waals surface area contributed by atoms with Crippen LogP contribution in [0.1, 0.15) is 10.5 Å². The largest absolute Gasteiger partial charge is 0.496 e. The highest BCUT2D eigenvalue weighted by molar-refractivity contribution is 7.98. The molecule has 1 N–H and O–H groups in total. The first-order chi connectivity index (χ1) is 8.65. The second-order valence-corrected chi connectivity index (χ2v) is 4.33. The minimum atomic E-state index is -1.12. The molecule has 1 aromatic heterocycles. The monoisotopic (exact) mass is 265 g/mol. The fraction of sp³-hybridized carbons (Fsp3) is 0.167. The van der Waals surface area contributed by atoms with Gasteiger partial charge in [0, 0.05) is 11.0 Å². The van der Waals surface area contributed by atoms with Gasteiger partial charge in [0.05, 0.1) is 12.7 Å². The summed E-state index contributed by atoms with van der Waals surface area (Å²) in [4.78, 5) is 11.8. The summed E-state index contributed by atoms with van der Waals surface area (Å²) in [6, 6.07) is 6.98. The molecule has 0 spiro atoms. The Labute approximate surface area is 108 Å². The zero-order valence-electron chi connectivity index (χ0n) is 9.84. The molecular formula is C12H11NO4S. The fourth-order valence-electron chi connectivity index (χ4n) is 1.51. The maximum absolute atomic E-state index is 10.8. The van der Waals surface area contributed by atoms with Gasteiger partial charge in [-0.25, -0.2) is 4.79 Å². The van der Waals surface area contributed by atoms with Crippen LogP contribution in [-0.2, 0) is 0 Å². The maximum Gasteiger partial charge on any atom is 0.358 e. The SMILES string of the molecule is COc1ccc(SC)cc1-c1cc(C(=O)O)no1. The van der Waals surface area contributed by atoms with Crippen LogP contribution in [0.3, 0.4) is 0 Å². The summed E-state index contributed by atoms with van der Waals surface area (Å²) in [5, 5.41) is 12.3. The third kappa shape index (κ3) is 2.33. The molecule has 0 saturated carbocycles. The number of carboxylic acids is 1. The van der Waals surface area contributed by atoms with E-state index in [1.165, 1.54) is 6.07 Å². The Kier molecular flexibility index (Phi) is 3.57. The van der Waals surface area contributed by atoms with Crippen molar-refractivity contribution in [2.24, 2.45) is 0 Å². The van der Waals surface area contributed by atoms with Gasteiger partial charge in [0.15, 0.2) is 11.5 Å². The topological polar surface area (TPSA) is 72.6 Å². The Morgan fingerprint density at radius 2 is 2.22 bits per heavy atom. The molecule has 18 heavy (non-hydrogen) atoms. The lowest BCUT2D eigenvalue weighted by Gasteiger charge is -2.06. The smallest absolute Gasteiger partial charge is 0.358 e. The van der Waals surface area contributed by atoms with Crippen molar-refractivity contribution < 1.29 is 19.2 Å². The molecule has 1 heterocycles. The number of thioether (sulfide) groups is 1. The van der Waals surface area contributed by atoms with Crippen molar-refractivity contribution in [2.75, 3.05) is 13.4 Å². The Morgan fingerprint density at radius 1 is 1.44 bits per heavy atom. The number of hydrogen-bond donors (Lipinski definition) is 1. The number of nitrogens with zero attached hydrogens (tertiary/aromatic N) is 1. The molecule has 0 atom stereocenters. The van der Waals surface area contributed by atoms with E-state index in [1.54, 1.807) is 18.9 Å². The Bertz CT molecular complexity index is 579. The highest BCUT2D eigenvalue weighted by atomic mass is 32.2. The molecule has 6 heteroatoms. The second kappa shape index (κ2) is 5.14. The molecule has 0 fully saturated rings. The van der Waals surface area contributed by atoms with Crippen LogP contribution in [0.25, 0.3) is 11.3 Å². The predicted octanol–water partition coefficient (Wildman–Crippen LogP) is 2.77.